The number of alkyl halides is 6. The highest BCUT2D eigenvalue weighted by atomic mass is 32.2. The van der Waals surface area contributed by atoms with E-state index < -0.39 is 29.3 Å². The van der Waals surface area contributed by atoms with E-state index in [1.54, 1.807) is 0 Å². The molecule has 3 rings (SSSR count). The number of aromatic nitrogens is 2. The molecule has 4 nitrogen and oxygen atoms in total. The lowest BCUT2D eigenvalue weighted by Crippen LogP contribution is -2.09. The molecule has 0 spiro atoms. The minimum Gasteiger partial charge on any atom is -0.394 e. The zero-order valence-corrected chi connectivity index (χ0v) is 18.1. The van der Waals surface area contributed by atoms with Gasteiger partial charge in [0.25, 0.3) is 0 Å². The Labute approximate surface area is 192 Å². The van der Waals surface area contributed by atoms with Gasteiger partial charge in [-0.25, -0.2) is 14.4 Å². The normalized spacial score (nSPS) is 12.2. The lowest BCUT2D eigenvalue weighted by molar-refractivity contribution is -0.140. The van der Waals surface area contributed by atoms with Crippen molar-refractivity contribution in [2.45, 2.75) is 34.0 Å². The number of hydrogen-bond acceptors (Lipinski definition) is 6. The van der Waals surface area contributed by atoms with Crippen LogP contribution in [0.15, 0.2) is 52.6 Å². The summed E-state index contributed by atoms with van der Waals surface area (Å²) in [5.41, 5.74) is 9.58. The lowest BCUT2D eigenvalue weighted by atomic mass is 10.1. The predicted molar refractivity (Wildman–Crippen MR) is 113 cm³/mol. The van der Waals surface area contributed by atoms with Gasteiger partial charge in [0, 0.05) is 11.5 Å². The van der Waals surface area contributed by atoms with E-state index in [2.05, 4.69) is 9.97 Å². The third-order valence-electron chi connectivity index (χ3n) is 4.29. The van der Waals surface area contributed by atoms with Crippen LogP contribution in [0, 0.1) is 5.82 Å². The minimum atomic E-state index is -4.84. The number of hydrogen-bond donors (Lipinski definition) is 2. The van der Waals surface area contributed by atoms with Gasteiger partial charge in [0.05, 0.1) is 11.1 Å². The maximum Gasteiger partial charge on any atom is 0.419 e. The number of rotatable bonds is 6. The zero-order chi connectivity index (χ0) is 24.4. The summed E-state index contributed by atoms with van der Waals surface area (Å²) in [6.45, 7) is 0. The fourth-order valence-electron chi connectivity index (χ4n) is 2.66. The third-order valence-corrected chi connectivity index (χ3v) is 6.25. The maximum absolute atomic E-state index is 14.2. The second-order valence-corrected chi connectivity index (χ2v) is 8.57. The van der Waals surface area contributed by atoms with E-state index in [0.717, 1.165) is 41.7 Å². The van der Waals surface area contributed by atoms with E-state index in [0.29, 0.717) is 11.6 Å². The first-order chi connectivity index (χ1) is 15.4. The van der Waals surface area contributed by atoms with Crippen molar-refractivity contribution in [2.75, 3.05) is 11.5 Å². The molecule has 33 heavy (non-hydrogen) atoms. The predicted octanol–water partition coefficient (Wildman–Crippen LogP) is 6.40. The molecule has 0 saturated heterocycles. The van der Waals surface area contributed by atoms with Crippen molar-refractivity contribution >= 4 is 35.0 Å². The summed E-state index contributed by atoms with van der Waals surface area (Å²) in [6.07, 6.45) is -9.32. The molecule has 176 valence electrons. The van der Waals surface area contributed by atoms with Crippen molar-refractivity contribution in [3.8, 4) is 0 Å². The molecular weight excluding hydrogens is 493 g/mol. The van der Waals surface area contributed by atoms with Crippen LogP contribution < -0.4 is 11.5 Å². The van der Waals surface area contributed by atoms with Crippen LogP contribution >= 0.6 is 23.5 Å². The summed E-state index contributed by atoms with van der Waals surface area (Å²) in [4.78, 5) is 8.16. The van der Waals surface area contributed by atoms with Crippen LogP contribution in [0.1, 0.15) is 22.3 Å². The van der Waals surface area contributed by atoms with Gasteiger partial charge in [-0.2, -0.15) is 26.3 Å². The van der Waals surface area contributed by atoms with Crippen molar-refractivity contribution in [3.05, 3.63) is 70.5 Å². The molecule has 0 bridgehead atoms. The molecule has 0 radical (unpaired) electrons. The Morgan fingerprint density at radius 3 is 2.18 bits per heavy atom. The first kappa shape index (κ1) is 25.0. The minimum absolute atomic E-state index is 0.0317. The van der Waals surface area contributed by atoms with Gasteiger partial charge in [0.15, 0.2) is 11.0 Å². The lowest BCUT2D eigenvalue weighted by Gasteiger charge is -2.12. The van der Waals surface area contributed by atoms with Gasteiger partial charge < -0.3 is 11.5 Å². The van der Waals surface area contributed by atoms with Crippen LogP contribution in [0.25, 0.3) is 0 Å². The molecule has 4 N–H and O–H groups in total. The van der Waals surface area contributed by atoms with Crippen molar-refractivity contribution in [3.63, 3.8) is 0 Å². The molecular formula is C20H15F7N4S2. The molecule has 0 aliphatic carbocycles. The fraction of sp³-hybridized carbons (Fsp3) is 0.200. The molecule has 2 aromatic carbocycles. The maximum atomic E-state index is 14.2. The number of nitrogen functional groups attached to an aromatic ring is 2. The SMILES string of the molecule is Nc1nc(SCc2cccc(C(F)(F)F)c2)nc(SCc2cccc(C(F)(F)F)c2F)c1N. The number of benzene rings is 2. The van der Waals surface area contributed by atoms with Gasteiger partial charge in [-0.15, -0.1) is 0 Å². The van der Waals surface area contributed by atoms with E-state index in [1.807, 2.05) is 0 Å². The van der Waals surface area contributed by atoms with E-state index in [4.69, 9.17) is 11.5 Å². The Kier molecular flexibility index (Phi) is 7.32. The molecule has 3 aromatic rings. The van der Waals surface area contributed by atoms with Gasteiger partial charge in [0.1, 0.15) is 16.5 Å². The first-order valence-electron chi connectivity index (χ1n) is 9.05. The molecule has 1 heterocycles. The van der Waals surface area contributed by atoms with Gasteiger partial charge in [-0.1, -0.05) is 53.9 Å². The van der Waals surface area contributed by atoms with Gasteiger partial charge in [-0.3, -0.25) is 0 Å². The second-order valence-electron chi connectivity index (χ2n) is 6.66. The van der Waals surface area contributed by atoms with Crippen molar-refractivity contribution in [1.82, 2.24) is 9.97 Å². The van der Waals surface area contributed by atoms with Crippen molar-refractivity contribution in [2.24, 2.45) is 0 Å². The Morgan fingerprint density at radius 1 is 0.818 bits per heavy atom. The molecule has 0 fully saturated rings. The smallest absolute Gasteiger partial charge is 0.394 e. The Hall–Kier alpha value is -2.67. The fourth-order valence-corrected chi connectivity index (χ4v) is 4.44. The van der Waals surface area contributed by atoms with Crippen LogP contribution in [0.4, 0.5) is 42.2 Å². The van der Waals surface area contributed by atoms with E-state index in [-0.39, 0.29) is 38.8 Å². The molecule has 0 saturated carbocycles. The zero-order valence-electron chi connectivity index (χ0n) is 16.5. The second kappa shape index (κ2) is 9.67. The Morgan fingerprint density at radius 2 is 1.52 bits per heavy atom. The summed E-state index contributed by atoms with van der Waals surface area (Å²) in [5, 5.41) is 0.219. The molecule has 0 aliphatic rings. The monoisotopic (exact) mass is 508 g/mol. The number of halogens is 7. The van der Waals surface area contributed by atoms with E-state index in [1.165, 1.54) is 18.2 Å². The van der Waals surface area contributed by atoms with Crippen LogP contribution in [-0.4, -0.2) is 9.97 Å². The highest BCUT2D eigenvalue weighted by Gasteiger charge is 2.34. The third kappa shape index (κ3) is 6.22. The highest BCUT2D eigenvalue weighted by Crippen LogP contribution is 2.36. The average molecular weight is 508 g/mol. The molecule has 0 amide bonds. The molecule has 0 aliphatic heterocycles. The summed E-state index contributed by atoms with van der Waals surface area (Å²) in [6, 6.07) is 7.69. The quantitative estimate of drug-likeness (QED) is 0.174. The molecule has 1 aromatic heterocycles. The first-order valence-corrected chi connectivity index (χ1v) is 11.0. The van der Waals surface area contributed by atoms with Gasteiger partial charge in [-0.05, 0) is 23.3 Å². The summed E-state index contributed by atoms with van der Waals surface area (Å²) < 4.78 is 91.6. The van der Waals surface area contributed by atoms with Crippen molar-refractivity contribution in [1.29, 1.82) is 0 Å². The number of anilines is 2. The largest absolute Gasteiger partial charge is 0.419 e. The number of thioether (sulfide) groups is 2. The van der Waals surface area contributed by atoms with Crippen molar-refractivity contribution < 1.29 is 30.7 Å². The van der Waals surface area contributed by atoms with E-state index >= 15 is 0 Å². The molecule has 13 heteroatoms. The summed E-state index contributed by atoms with van der Waals surface area (Å²) >= 11 is 1.86. The van der Waals surface area contributed by atoms with Crippen LogP contribution in [0.2, 0.25) is 0 Å². The topological polar surface area (TPSA) is 77.8 Å². The molecule has 0 atom stereocenters. The van der Waals surface area contributed by atoms with Crippen LogP contribution in [0.5, 0.6) is 0 Å². The Balaban J connectivity index is 1.76. The Bertz CT molecular complexity index is 1150. The van der Waals surface area contributed by atoms with Crippen LogP contribution in [0.3, 0.4) is 0 Å². The molecule has 0 unspecified atom stereocenters. The number of nitrogens with zero attached hydrogens (tertiary/aromatic N) is 2. The van der Waals surface area contributed by atoms with Gasteiger partial charge in [0.2, 0.25) is 0 Å². The van der Waals surface area contributed by atoms with E-state index in [9.17, 15) is 30.7 Å². The summed E-state index contributed by atoms with van der Waals surface area (Å²) in [7, 11) is 0. The summed E-state index contributed by atoms with van der Waals surface area (Å²) in [5.74, 6) is -1.62. The van der Waals surface area contributed by atoms with Crippen LogP contribution in [-0.2, 0) is 23.9 Å². The number of nitrogens with two attached hydrogens (primary N) is 2. The van der Waals surface area contributed by atoms with Gasteiger partial charge >= 0.3 is 12.4 Å². The standard InChI is InChI=1S/C20H15F7N4S2/c21-14-11(4-2-6-13(14)20(25,26)27)9-32-17-15(28)16(29)30-18(31-17)33-8-10-3-1-5-12(7-10)19(22,23)24/h1-7H,8-9,28H2,(H2,29,30,31). The average Bonchev–Trinajstić information content (AvgIpc) is 2.73. The highest BCUT2D eigenvalue weighted by molar-refractivity contribution is 7.99.